The normalized spacial score (nSPS) is 20.6. The number of benzene rings is 2. The van der Waals surface area contributed by atoms with Gasteiger partial charge in [-0.3, -0.25) is 9.10 Å². The van der Waals surface area contributed by atoms with Gasteiger partial charge in [0.25, 0.3) is 0 Å². The van der Waals surface area contributed by atoms with Gasteiger partial charge in [-0.1, -0.05) is 0 Å². The minimum absolute atomic E-state index is 0.199. The zero-order valence-corrected chi connectivity index (χ0v) is 17.0. The Bertz CT molecular complexity index is 942. The summed E-state index contributed by atoms with van der Waals surface area (Å²) in [5.74, 6) is 0.773. The van der Waals surface area contributed by atoms with Gasteiger partial charge in [0.1, 0.15) is 11.5 Å². The lowest BCUT2D eigenvalue weighted by molar-refractivity contribution is -0.118. The molecular weight excluding hydrogens is 380 g/mol. The largest absolute Gasteiger partial charge is 0.497 e. The van der Waals surface area contributed by atoms with Gasteiger partial charge in [0.15, 0.2) is 4.75 Å². The molecular formula is C20H24N2O5S. The highest BCUT2D eigenvalue weighted by Crippen LogP contribution is 2.38. The van der Waals surface area contributed by atoms with E-state index >= 15 is 0 Å². The average molecular weight is 404 g/mol. The van der Waals surface area contributed by atoms with Gasteiger partial charge in [-0.05, 0) is 68.8 Å². The molecule has 0 unspecified atom stereocenters. The van der Waals surface area contributed by atoms with Crippen LogP contribution in [0.15, 0.2) is 48.5 Å². The minimum Gasteiger partial charge on any atom is -0.497 e. The second-order valence-electron chi connectivity index (χ2n) is 6.67. The summed E-state index contributed by atoms with van der Waals surface area (Å²) in [7, 11) is -2.33. The zero-order valence-electron chi connectivity index (χ0n) is 16.1. The first-order chi connectivity index (χ1) is 13.3. The van der Waals surface area contributed by atoms with E-state index in [2.05, 4.69) is 5.32 Å². The number of amides is 1. The first-order valence-electron chi connectivity index (χ1n) is 9.02. The molecule has 1 fully saturated rings. The summed E-state index contributed by atoms with van der Waals surface area (Å²) in [5.41, 5.74) is 1.03. The Kier molecular flexibility index (Phi) is 5.51. The van der Waals surface area contributed by atoms with Crippen molar-refractivity contribution in [2.45, 2.75) is 25.0 Å². The lowest BCUT2D eigenvalue weighted by Gasteiger charge is -2.25. The summed E-state index contributed by atoms with van der Waals surface area (Å²) >= 11 is 0. The molecule has 0 spiro atoms. The summed E-state index contributed by atoms with van der Waals surface area (Å²) in [6, 6.07) is 13.6. The van der Waals surface area contributed by atoms with Gasteiger partial charge < -0.3 is 14.8 Å². The van der Waals surface area contributed by atoms with Crippen LogP contribution in [0.4, 0.5) is 11.4 Å². The maximum absolute atomic E-state index is 13.2. The van der Waals surface area contributed by atoms with Gasteiger partial charge in [-0.25, -0.2) is 8.42 Å². The van der Waals surface area contributed by atoms with Gasteiger partial charge in [0.2, 0.25) is 15.9 Å². The van der Waals surface area contributed by atoms with Gasteiger partial charge in [-0.2, -0.15) is 0 Å². The average Bonchev–Trinajstić information content (AvgIpc) is 2.94. The number of anilines is 2. The Morgan fingerprint density at radius 2 is 1.71 bits per heavy atom. The van der Waals surface area contributed by atoms with E-state index in [-0.39, 0.29) is 13.0 Å². The van der Waals surface area contributed by atoms with Crippen LogP contribution in [-0.4, -0.2) is 39.3 Å². The fourth-order valence-electron chi connectivity index (χ4n) is 3.12. The quantitative estimate of drug-likeness (QED) is 0.800. The number of nitrogens with zero attached hydrogens (tertiary/aromatic N) is 1. The van der Waals surface area contributed by atoms with E-state index in [1.54, 1.807) is 55.6 Å². The van der Waals surface area contributed by atoms with E-state index in [0.29, 0.717) is 29.5 Å². The van der Waals surface area contributed by atoms with Crippen LogP contribution in [0.5, 0.6) is 11.5 Å². The molecule has 0 bridgehead atoms. The molecule has 0 aliphatic carbocycles. The second-order valence-corrected chi connectivity index (χ2v) is 8.96. The molecule has 1 heterocycles. The Morgan fingerprint density at radius 3 is 2.29 bits per heavy atom. The van der Waals surface area contributed by atoms with Crippen molar-refractivity contribution < 1.29 is 22.7 Å². The highest BCUT2D eigenvalue weighted by molar-refractivity contribution is 7.95. The molecule has 0 aromatic heterocycles. The molecule has 8 heteroatoms. The fraction of sp³-hybridized carbons (Fsp3) is 0.350. The van der Waals surface area contributed by atoms with Gasteiger partial charge in [0, 0.05) is 12.2 Å². The van der Waals surface area contributed by atoms with Crippen molar-refractivity contribution in [1.82, 2.24) is 0 Å². The molecule has 7 nitrogen and oxygen atoms in total. The lowest BCUT2D eigenvalue weighted by atomic mass is 10.1. The minimum atomic E-state index is -3.88. The SMILES string of the molecule is CCOc1ccc(NC(=O)[C@@]2(C)CCN(c3ccc(OC)cc3)S2(=O)=O)cc1. The van der Waals surface area contributed by atoms with Gasteiger partial charge >= 0.3 is 0 Å². The Morgan fingerprint density at radius 1 is 1.11 bits per heavy atom. The number of rotatable bonds is 6. The monoisotopic (exact) mass is 404 g/mol. The predicted molar refractivity (Wildman–Crippen MR) is 109 cm³/mol. The topological polar surface area (TPSA) is 84.9 Å². The maximum atomic E-state index is 13.2. The van der Waals surface area contributed by atoms with Crippen LogP contribution in [0.3, 0.4) is 0 Å². The highest BCUT2D eigenvalue weighted by Gasteiger charge is 2.54. The number of hydrogen-bond acceptors (Lipinski definition) is 5. The molecule has 1 N–H and O–H groups in total. The Labute approximate surface area is 165 Å². The van der Waals surface area contributed by atoms with Crippen LogP contribution in [0.25, 0.3) is 0 Å². The number of carbonyl (C=O) groups excluding carboxylic acids is 1. The van der Waals surface area contributed by atoms with Crippen molar-refractivity contribution in [1.29, 1.82) is 0 Å². The van der Waals surface area contributed by atoms with Crippen LogP contribution in [0.1, 0.15) is 20.3 Å². The summed E-state index contributed by atoms with van der Waals surface area (Å²) in [5, 5.41) is 2.72. The van der Waals surface area contributed by atoms with E-state index in [4.69, 9.17) is 9.47 Å². The maximum Gasteiger partial charge on any atom is 0.249 e. The van der Waals surface area contributed by atoms with Crippen LogP contribution in [-0.2, 0) is 14.8 Å². The summed E-state index contributed by atoms with van der Waals surface area (Å²) in [4.78, 5) is 12.9. The molecule has 1 aliphatic heterocycles. The molecule has 1 atom stereocenters. The molecule has 1 aliphatic rings. The Balaban J connectivity index is 1.79. The zero-order chi connectivity index (χ0) is 20.4. The van der Waals surface area contributed by atoms with Crippen molar-refractivity contribution >= 4 is 27.3 Å². The first-order valence-corrected chi connectivity index (χ1v) is 10.5. The van der Waals surface area contributed by atoms with Crippen molar-refractivity contribution in [3.05, 3.63) is 48.5 Å². The van der Waals surface area contributed by atoms with E-state index < -0.39 is 20.7 Å². The summed E-state index contributed by atoms with van der Waals surface area (Å²) in [6.45, 7) is 4.14. The van der Waals surface area contributed by atoms with Crippen LogP contribution in [0.2, 0.25) is 0 Å². The van der Waals surface area contributed by atoms with E-state index in [1.807, 2.05) is 6.92 Å². The molecule has 150 valence electrons. The smallest absolute Gasteiger partial charge is 0.249 e. The number of sulfonamides is 1. The molecule has 2 aromatic carbocycles. The van der Waals surface area contributed by atoms with E-state index in [0.717, 1.165) is 0 Å². The Hall–Kier alpha value is -2.74. The summed E-state index contributed by atoms with van der Waals surface area (Å²) < 4.78 is 36.5. The lowest BCUT2D eigenvalue weighted by Crippen LogP contribution is -2.47. The number of methoxy groups -OCH3 is 1. The molecule has 1 amide bonds. The third-order valence-electron chi connectivity index (χ3n) is 4.92. The van der Waals surface area contributed by atoms with Crippen molar-refractivity contribution in [2.24, 2.45) is 0 Å². The molecule has 28 heavy (non-hydrogen) atoms. The van der Waals surface area contributed by atoms with Crippen molar-refractivity contribution in [3.63, 3.8) is 0 Å². The third-order valence-corrected chi connectivity index (χ3v) is 7.42. The van der Waals surface area contributed by atoms with E-state index in [9.17, 15) is 13.2 Å². The predicted octanol–water partition coefficient (Wildman–Crippen LogP) is 3.03. The third kappa shape index (κ3) is 3.52. The fourth-order valence-corrected chi connectivity index (χ4v) is 4.97. The van der Waals surface area contributed by atoms with Crippen molar-refractivity contribution in [3.8, 4) is 11.5 Å². The second kappa shape index (κ2) is 7.71. The number of hydrogen-bond donors (Lipinski definition) is 1. The molecule has 2 aromatic rings. The molecule has 0 radical (unpaired) electrons. The van der Waals surface area contributed by atoms with Gasteiger partial charge in [0.05, 0.1) is 19.4 Å². The number of nitrogens with one attached hydrogen (secondary N) is 1. The van der Waals surface area contributed by atoms with Crippen LogP contribution >= 0.6 is 0 Å². The standard InChI is InChI=1S/C20H24N2O5S/c1-4-27-18-9-5-15(6-10-18)21-19(23)20(2)13-14-22(28(20,24)25)16-7-11-17(26-3)12-8-16/h5-12H,4,13-14H2,1-3H3,(H,21,23)/t20-/m1/s1. The van der Waals surface area contributed by atoms with Gasteiger partial charge in [-0.15, -0.1) is 0 Å². The molecule has 0 saturated carbocycles. The highest BCUT2D eigenvalue weighted by atomic mass is 32.2. The van der Waals surface area contributed by atoms with E-state index in [1.165, 1.54) is 11.2 Å². The van der Waals surface area contributed by atoms with Crippen molar-refractivity contribution in [2.75, 3.05) is 29.9 Å². The van der Waals surface area contributed by atoms with Crippen LogP contribution in [0, 0.1) is 0 Å². The molecule has 1 saturated heterocycles. The molecule has 3 rings (SSSR count). The number of ether oxygens (including phenoxy) is 2. The van der Waals surface area contributed by atoms with Crippen LogP contribution < -0.4 is 19.1 Å². The first kappa shape index (κ1) is 20.0. The number of carbonyl (C=O) groups is 1. The summed E-state index contributed by atoms with van der Waals surface area (Å²) in [6.07, 6.45) is 0.199.